The van der Waals surface area contributed by atoms with Crippen LogP contribution in [0.4, 0.5) is 4.39 Å². The van der Waals surface area contributed by atoms with E-state index in [4.69, 9.17) is 0 Å². The number of aryl methyl sites for hydroxylation is 1. The molecule has 2 aromatic rings. The maximum absolute atomic E-state index is 13.9. The highest BCUT2D eigenvalue weighted by Crippen LogP contribution is 2.24. The minimum Gasteiger partial charge on any atom is -0.325 e. The Hall–Kier alpha value is -1.42. The highest BCUT2D eigenvalue weighted by Gasteiger charge is 2.18. The van der Waals surface area contributed by atoms with Crippen molar-refractivity contribution in [2.75, 3.05) is 6.54 Å². The summed E-state index contributed by atoms with van der Waals surface area (Å²) in [6.45, 7) is 5.39. The number of fused-ring (bicyclic) bond motifs is 1. The molecule has 0 amide bonds. The van der Waals surface area contributed by atoms with Crippen molar-refractivity contribution in [3.05, 3.63) is 29.8 Å². The van der Waals surface area contributed by atoms with E-state index in [1.165, 1.54) is 25.3 Å². The smallest absolute Gasteiger partial charge is 0.151 e. The predicted molar refractivity (Wildman–Crippen MR) is 84.0 cm³/mol. The molecule has 4 heteroatoms. The molecule has 1 aliphatic rings. The number of imidazole rings is 1. The maximum Gasteiger partial charge on any atom is 0.151 e. The maximum atomic E-state index is 13.9. The summed E-state index contributed by atoms with van der Waals surface area (Å²) >= 11 is 0. The predicted octanol–water partition coefficient (Wildman–Crippen LogP) is 3.83. The molecule has 21 heavy (non-hydrogen) atoms. The van der Waals surface area contributed by atoms with Crippen molar-refractivity contribution in [3.63, 3.8) is 0 Å². The lowest BCUT2D eigenvalue weighted by atomic mass is 10.0. The third kappa shape index (κ3) is 2.95. The van der Waals surface area contributed by atoms with E-state index in [1.54, 1.807) is 6.07 Å². The van der Waals surface area contributed by atoms with Crippen molar-refractivity contribution in [3.8, 4) is 0 Å². The Labute approximate surface area is 125 Å². The van der Waals surface area contributed by atoms with E-state index in [-0.39, 0.29) is 5.82 Å². The van der Waals surface area contributed by atoms with Gasteiger partial charge in [-0.1, -0.05) is 12.5 Å². The fraction of sp³-hybridized carbons (Fsp3) is 0.588. The number of benzene rings is 1. The minimum atomic E-state index is -0.219. The summed E-state index contributed by atoms with van der Waals surface area (Å²) < 4.78 is 16.1. The number of piperidine rings is 1. The number of rotatable bonds is 4. The summed E-state index contributed by atoms with van der Waals surface area (Å²) in [6, 6.07) is 6.11. The summed E-state index contributed by atoms with van der Waals surface area (Å²) in [5, 5.41) is 3.57. The van der Waals surface area contributed by atoms with Gasteiger partial charge in [0.05, 0.1) is 5.52 Å². The molecular formula is C17H24FN3. The molecule has 2 heterocycles. The van der Waals surface area contributed by atoms with Crippen molar-refractivity contribution in [1.29, 1.82) is 0 Å². The zero-order valence-corrected chi connectivity index (χ0v) is 12.9. The molecule has 0 aliphatic carbocycles. The van der Waals surface area contributed by atoms with Gasteiger partial charge in [0.15, 0.2) is 5.82 Å². The molecule has 1 aromatic heterocycles. The lowest BCUT2D eigenvalue weighted by Gasteiger charge is -2.23. The Morgan fingerprint density at radius 3 is 2.95 bits per heavy atom. The Balaban J connectivity index is 1.86. The number of halogens is 1. The van der Waals surface area contributed by atoms with Crippen LogP contribution in [0.3, 0.4) is 0 Å². The van der Waals surface area contributed by atoms with Crippen LogP contribution in [-0.2, 0) is 6.42 Å². The van der Waals surface area contributed by atoms with Crippen LogP contribution in [0, 0.1) is 5.82 Å². The van der Waals surface area contributed by atoms with Crippen LogP contribution in [0.1, 0.15) is 51.4 Å². The van der Waals surface area contributed by atoms with E-state index in [1.807, 2.05) is 6.07 Å². The van der Waals surface area contributed by atoms with Crippen LogP contribution in [-0.4, -0.2) is 22.1 Å². The van der Waals surface area contributed by atoms with Crippen LogP contribution in [0.15, 0.2) is 18.2 Å². The molecular weight excluding hydrogens is 265 g/mol. The first-order valence-corrected chi connectivity index (χ1v) is 8.05. The first-order chi connectivity index (χ1) is 10.2. The molecule has 1 fully saturated rings. The number of hydrogen-bond acceptors (Lipinski definition) is 2. The number of para-hydroxylation sites is 1. The van der Waals surface area contributed by atoms with Crippen molar-refractivity contribution in [2.45, 2.75) is 58.0 Å². The second-order valence-electron chi connectivity index (χ2n) is 6.28. The van der Waals surface area contributed by atoms with Gasteiger partial charge in [0.1, 0.15) is 11.3 Å². The average molecular weight is 289 g/mol. The van der Waals surface area contributed by atoms with Gasteiger partial charge < -0.3 is 9.88 Å². The van der Waals surface area contributed by atoms with Crippen LogP contribution in [0.5, 0.6) is 0 Å². The molecule has 1 N–H and O–H groups in total. The van der Waals surface area contributed by atoms with Gasteiger partial charge in [0.2, 0.25) is 0 Å². The zero-order chi connectivity index (χ0) is 14.8. The quantitative estimate of drug-likeness (QED) is 0.927. The van der Waals surface area contributed by atoms with Gasteiger partial charge in [-0.25, -0.2) is 9.37 Å². The van der Waals surface area contributed by atoms with E-state index >= 15 is 0 Å². The highest BCUT2D eigenvalue weighted by atomic mass is 19.1. The molecule has 0 radical (unpaired) electrons. The molecule has 0 saturated carbocycles. The zero-order valence-electron chi connectivity index (χ0n) is 12.9. The van der Waals surface area contributed by atoms with Crippen molar-refractivity contribution in [2.24, 2.45) is 0 Å². The van der Waals surface area contributed by atoms with E-state index < -0.39 is 0 Å². The van der Waals surface area contributed by atoms with Crippen molar-refractivity contribution >= 4 is 11.0 Å². The molecule has 1 unspecified atom stereocenters. The topological polar surface area (TPSA) is 29.9 Å². The Morgan fingerprint density at radius 1 is 1.38 bits per heavy atom. The van der Waals surface area contributed by atoms with Gasteiger partial charge in [-0.2, -0.15) is 0 Å². The first kappa shape index (κ1) is 14.5. The minimum absolute atomic E-state index is 0.219. The number of nitrogens with one attached hydrogen (secondary N) is 1. The normalized spacial score (nSPS) is 19.5. The van der Waals surface area contributed by atoms with Gasteiger partial charge >= 0.3 is 0 Å². The molecule has 114 valence electrons. The lowest BCUT2D eigenvalue weighted by molar-refractivity contribution is 0.378. The summed E-state index contributed by atoms with van der Waals surface area (Å²) in [5.41, 5.74) is 1.43. The van der Waals surface area contributed by atoms with Crippen molar-refractivity contribution in [1.82, 2.24) is 14.9 Å². The second-order valence-corrected chi connectivity index (χ2v) is 6.28. The third-order valence-corrected chi connectivity index (χ3v) is 4.39. The number of nitrogens with zero attached hydrogens (tertiary/aromatic N) is 2. The fourth-order valence-electron chi connectivity index (χ4n) is 3.36. The average Bonchev–Trinajstić information content (AvgIpc) is 2.86. The summed E-state index contributed by atoms with van der Waals surface area (Å²) in [5.74, 6) is 0.793. The van der Waals surface area contributed by atoms with Crippen LogP contribution >= 0.6 is 0 Å². The molecule has 3 rings (SSSR count). The molecule has 1 saturated heterocycles. The Kier molecular flexibility index (Phi) is 4.24. The Morgan fingerprint density at radius 2 is 2.24 bits per heavy atom. The molecule has 1 aromatic carbocycles. The summed E-state index contributed by atoms with van der Waals surface area (Å²) in [6.07, 6.45) is 5.83. The van der Waals surface area contributed by atoms with E-state index in [0.717, 1.165) is 30.7 Å². The van der Waals surface area contributed by atoms with E-state index in [9.17, 15) is 4.39 Å². The van der Waals surface area contributed by atoms with Gasteiger partial charge in [0, 0.05) is 18.5 Å². The van der Waals surface area contributed by atoms with Crippen LogP contribution < -0.4 is 5.32 Å². The second kappa shape index (κ2) is 6.14. The summed E-state index contributed by atoms with van der Waals surface area (Å²) in [4.78, 5) is 4.58. The number of hydrogen-bond donors (Lipinski definition) is 1. The van der Waals surface area contributed by atoms with Crippen LogP contribution in [0.25, 0.3) is 11.0 Å². The van der Waals surface area contributed by atoms with Gasteiger partial charge in [-0.3, -0.25) is 0 Å². The fourth-order valence-corrected chi connectivity index (χ4v) is 3.36. The Bertz CT molecular complexity index is 612. The molecule has 0 spiro atoms. The lowest BCUT2D eigenvalue weighted by Crippen LogP contribution is -2.34. The largest absolute Gasteiger partial charge is 0.325 e. The molecule has 0 bridgehead atoms. The van der Waals surface area contributed by atoms with Crippen molar-refractivity contribution < 1.29 is 4.39 Å². The van der Waals surface area contributed by atoms with E-state index in [0.29, 0.717) is 17.6 Å². The standard InChI is InChI=1S/C17H24FN3/c1-12(2)21-15-8-5-7-14(18)17(15)20-16(21)10-9-13-6-3-4-11-19-13/h5,7-8,12-13,19H,3-4,6,9-11H2,1-2H3. The number of aromatic nitrogens is 2. The third-order valence-electron chi connectivity index (χ3n) is 4.39. The highest BCUT2D eigenvalue weighted by molar-refractivity contribution is 5.76. The van der Waals surface area contributed by atoms with Gasteiger partial charge in [-0.05, 0) is 51.8 Å². The SMILES string of the molecule is CC(C)n1c(CCC2CCCCN2)nc2c(F)cccc21. The molecule has 3 nitrogen and oxygen atoms in total. The summed E-state index contributed by atoms with van der Waals surface area (Å²) in [7, 11) is 0. The first-order valence-electron chi connectivity index (χ1n) is 8.05. The van der Waals surface area contributed by atoms with Crippen LogP contribution in [0.2, 0.25) is 0 Å². The molecule has 1 aliphatic heterocycles. The monoisotopic (exact) mass is 289 g/mol. The van der Waals surface area contributed by atoms with Gasteiger partial charge in [0.25, 0.3) is 0 Å². The molecule has 1 atom stereocenters. The van der Waals surface area contributed by atoms with E-state index in [2.05, 4.69) is 28.7 Å². The van der Waals surface area contributed by atoms with Gasteiger partial charge in [-0.15, -0.1) is 0 Å².